The fraction of sp³-hybridized carbons (Fsp3) is 0.348. The molecule has 0 aliphatic carbocycles. The third kappa shape index (κ3) is 4.57. The summed E-state index contributed by atoms with van der Waals surface area (Å²) in [5, 5.41) is 1.76. The molecule has 0 aliphatic rings. The number of hydrogen-bond acceptors (Lipinski definition) is 4. The number of hydrogen-bond donors (Lipinski definition) is 0. The highest BCUT2D eigenvalue weighted by Gasteiger charge is 2.24. The molecule has 1 aromatic heterocycles. The van der Waals surface area contributed by atoms with E-state index in [0.29, 0.717) is 6.61 Å². The van der Waals surface area contributed by atoms with Crippen molar-refractivity contribution in [2.75, 3.05) is 25.2 Å². The Balaban J connectivity index is 2.02. The van der Waals surface area contributed by atoms with Crippen LogP contribution in [0.4, 0.5) is 5.13 Å². The van der Waals surface area contributed by atoms with Gasteiger partial charge in [0.2, 0.25) is 0 Å². The van der Waals surface area contributed by atoms with E-state index in [4.69, 9.17) is 21.3 Å². The number of benzene rings is 2. The van der Waals surface area contributed by atoms with Gasteiger partial charge in [-0.25, -0.2) is 4.98 Å². The molecule has 5 heteroatoms. The van der Waals surface area contributed by atoms with Gasteiger partial charge in [-0.3, -0.25) is 0 Å². The van der Waals surface area contributed by atoms with Crippen LogP contribution in [0.25, 0.3) is 11.3 Å². The van der Waals surface area contributed by atoms with Gasteiger partial charge >= 0.3 is 0 Å². The molecule has 0 saturated carbocycles. The van der Waals surface area contributed by atoms with Crippen molar-refractivity contribution in [1.29, 1.82) is 0 Å². The summed E-state index contributed by atoms with van der Waals surface area (Å²) in [6.07, 6.45) is 1.03. The molecular formula is C23H27ClN2OS. The summed E-state index contributed by atoms with van der Waals surface area (Å²) in [6.45, 7) is 7.89. The van der Waals surface area contributed by atoms with Gasteiger partial charge in [0.1, 0.15) is 0 Å². The Morgan fingerprint density at radius 2 is 1.89 bits per heavy atom. The van der Waals surface area contributed by atoms with Crippen molar-refractivity contribution in [2.45, 2.75) is 33.2 Å². The lowest BCUT2D eigenvalue weighted by Crippen LogP contribution is -2.32. The number of methoxy groups -OCH3 is 1. The van der Waals surface area contributed by atoms with Crippen LogP contribution < -0.4 is 4.90 Å². The summed E-state index contributed by atoms with van der Waals surface area (Å²) in [4.78, 5) is 8.56. The van der Waals surface area contributed by atoms with E-state index in [1.807, 2.05) is 19.1 Å². The first-order valence-corrected chi connectivity index (χ1v) is 10.8. The zero-order valence-corrected chi connectivity index (χ0v) is 18.5. The van der Waals surface area contributed by atoms with Crippen molar-refractivity contribution >= 4 is 28.1 Å². The van der Waals surface area contributed by atoms with Crippen LogP contribution in [-0.2, 0) is 4.74 Å². The zero-order valence-electron chi connectivity index (χ0n) is 16.9. The number of aromatic nitrogens is 1. The predicted octanol–water partition coefficient (Wildman–Crippen LogP) is 6.68. The standard InChI is InChI=1S/C23H27ClN2OS/c1-5-13-26(21(15-27-4)18-9-7-6-8-10-18)23-25-22(17(3)28-23)19-12-11-16(2)14-20(19)24/h6-12,14,21H,5,13,15H2,1-4H3. The Morgan fingerprint density at radius 3 is 2.54 bits per heavy atom. The van der Waals surface area contributed by atoms with Crippen LogP contribution in [0.5, 0.6) is 0 Å². The van der Waals surface area contributed by atoms with Crippen molar-refractivity contribution in [1.82, 2.24) is 4.98 Å². The van der Waals surface area contributed by atoms with Gasteiger partial charge < -0.3 is 9.64 Å². The Labute approximate surface area is 177 Å². The van der Waals surface area contributed by atoms with Crippen LogP contribution in [0.3, 0.4) is 0 Å². The molecule has 148 valence electrons. The van der Waals surface area contributed by atoms with E-state index in [9.17, 15) is 0 Å². The number of thiazole rings is 1. The minimum atomic E-state index is 0.123. The average molecular weight is 415 g/mol. The topological polar surface area (TPSA) is 25.4 Å². The van der Waals surface area contributed by atoms with E-state index in [-0.39, 0.29) is 6.04 Å². The monoisotopic (exact) mass is 414 g/mol. The molecule has 0 spiro atoms. The smallest absolute Gasteiger partial charge is 0.186 e. The second kappa shape index (κ2) is 9.55. The van der Waals surface area contributed by atoms with Gasteiger partial charge in [0.25, 0.3) is 0 Å². The van der Waals surface area contributed by atoms with Crippen molar-refractivity contribution in [3.8, 4) is 11.3 Å². The minimum Gasteiger partial charge on any atom is -0.382 e. The normalized spacial score (nSPS) is 12.2. The van der Waals surface area contributed by atoms with E-state index in [1.165, 1.54) is 10.4 Å². The van der Waals surface area contributed by atoms with Gasteiger partial charge in [0, 0.05) is 24.1 Å². The third-order valence-corrected chi connectivity index (χ3v) is 6.08. The van der Waals surface area contributed by atoms with Gasteiger partial charge in [-0.15, -0.1) is 11.3 Å². The number of halogens is 1. The second-order valence-electron chi connectivity index (χ2n) is 6.96. The largest absolute Gasteiger partial charge is 0.382 e. The van der Waals surface area contributed by atoms with Gasteiger partial charge in [0.05, 0.1) is 23.4 Å². The molecule has 3 aromatic rings. The third-order valence-electron chi connectivity index (χ3n) is 4.76. The van der Waals surface area contributed by atoms with Gasteiger partial charge in [-0.2, -0.15) is 0 Å². The molecule has 0 radical (unpaired) electrons. The predicted molar refractivity (Wildman–Crippen MR) is 121 cm³/mol. The summed E-state index contributed by atoms with van der Waals surface area (Å²) < 4.78 is 5.58. The summed E-state index contributed by atoms with van der Waals surface area (Å²) in [5.74, 6) is 0. The fourth-order valence-electron chi connectivity index (χ4n) is 3.39. The van der Waals surface area contributed by atoms with Crippen LogP contribution >= 0.6 is 22.9 Å². The number of nitrogens with zero attached hydrogens (tertiary/aromatic N) is 2. The molecule has 3 nitrogen and oxygen atoms in total. The molecule has 1 unspecified atom stereocenters. The molecular weight excluding hydrogens is 388 g/mol. The van der Waals surface area contributed by atoms with Crippen molar-refractivity contribution in [2.24, 2.45) is 0 Å². The van der Waals surface area contributed by atoms with Gasteiger partial charge in [-0.05, 0) is 37.5 Å². The minimum absolute atomic E-state index is 0.123. The van der Waals surface area contributed by atoms with Crippen molar-refractivity contribution in [3.63, 3.8) is 0 Å². The second-order valence-corrected chi connectivity index (χ2v) is 8.55. The Hall–Kier alpha value is -1.88. The highest BCUT2D eigenvalue weighted by atomic mass is 35.5. The molecule has 0 aliphatic heterocycles. The highest BCUT2D eigenvalue weighted by molar-refractivity contribution is 7.16. The number of anilines is 1. The van der Waals surface area contributed by atoms with Crippen LogP contribution in [0, 0.1) is 13.8 Å². The summed E-state index contributed by atoms with van der Waals surface area (Å²) in [6, 6.07) is 16.8. The maximum absolute atomic E-state index is 6.53. The van der Waals surface area contributed by atoms with Crippen LogP contribution in [0.2, 0.25) is 5.02 Å². The van der Waals surface area contributed by atoms with Crippen LogP contribution in [0.1, 0.15) is 35.4 Å². The maximum Gasteiger partial charge on any atom is 0.186 e. The van der Waals surface area contributed by atoms with E-state index < -0.39 is 0 Å². The number of aryl methyl sites for hydroxylation is 2. The first-order chi connectivity index (χ1) is 13.5. The Morgan fingerprint density at radius 1 is 1.14 bits per heavy atom. The lowest BCUT2D eigenvalue weighted by Gasteiger charge is -2.31. The van der Waals surface area contributed by atoms with Crippen molar-refractivity contribution in [3.05, 3.63) is 69.6 Å². The molecule has 3 rings (SSSR count). The van der Waals surface area contributed by atoms with Crippen LogP contribution in [-0.4, -0.2) is 25.2 Å². The van der Waals surface area contributed by atoms with Gasteiger partial charge in [-0.1, -0.05) is 61.0 Å². The zero-order chi connectivity index (χ0) is 20.1. The number of ether oxygens (including phenoxy) is 1. The number of rotatable bonds is 8. The molecule has 1 atom stereocenters. The van der Waals surface area contributed by atoms with Gasteiger partial charge in [0.15, 0.2) is 5.13 Å². The molecule has 0 N–H and O–H groups in total. The summed E-state index contributed by atoms with van der Waals surface area (Å²) >= 11 is 8.24. The fourth-order valence-corrected chi connectivity index (χ4v) is 4.72. The van der Waals surface area contributed by atoms with Crippen molar-refractivity contribution < 1.29 is 4.74 Å². The first kappa shape index (κ1) is 20.8. The summed E-state index contributed by atoms with van der Waals surface area (Å²) in [7, 11) is 1.75. The summed E-state index contributed by atoms with van der Waals surface area (Å²) in [5.41, 5.74) is 4.35. The molecule has 0 saturated heterocycles. The van der Waals surface area contributed by atoms with E-state index in [1.54, 1.807) is 18.4 Å². The lowest BCUT2D eigenvalue weighted by molar-refractivity contribution is 0.177. The van der Waals surface area contributed by atoms with E-state index >= 15 is 0 Å². The van der Waals surface area contributed by atoms with E-state index in [0.717, 1.165) is 39.9 Å². The van der Waals surface area contributed by atoms with E-state index in [2.05, 4.69) is 55.1 Å². The highest BCUT2D eigenvalue weighted by Crippen LogP contribution is 2.38. The van der Waals surface area contributed by atoms with Crippen LogP contribution in [0.15, 0.2) is 48.5 Å². The molecule has 0 fully saturated rings. The Kier molecular flexibility index (Phi) is 7.11. The molecule has 1 heterocycles. The molecule has 0 bridgehead atoms. The first-order valence-electron chi connectivity index (χ1n) is 9.59. The SMILES string of the molecule is CCCN(c1nc(-c2ccc(C)cc2Cl)c(C)s1)C(COC)c1ccccc1. The lowest BCUT2D eigenvalue weighted by atomic mass is 10.1. The average Bonchev–Trinajstić information content (AvgIpc) is 3.06. The Bertz CT molecular complexity index is 910. The quantitative estimate of drug-likeness (QED) is 0.410. The molecule has 2 aromatic carbocycles. The molecule has 28 heavy (non-hydrogen) atoms. The molecule has 0 amide bonds. The maximum atomic E-state index is 6.53.